The molecule has 170 valence electrons. The van der Waals surface area contributed by atoms with Crippen molar-refractivity contribution >= 4 is 29.3 Å². The van der Waals surface area contributed by atoms with Crippen molar-refractivity contribution in [2.45, 2.75) is 25.4 Å². The fourth-order valence-corrected chi connectivity index (χ4v) is 4.69. The number of amides is 4. The van der Waals surface area contributed by atoms with Gasteiger partial charge < -0.3 is 14.7 Å². The Morgan fingerprint density at radius 1 is 1.09 bits per heavy atom. The van der Waals surface area contributed by atoms with Gasteiger partial charge in [0.2, 0.25) is 11.8 Å². The lowest BCUT2D eigenvalue weighted by molar-refractivity contribution is -0.136. The molecule has 1 atom stereocenters. The molecule has 2 saturated heterocycles. The van der Waals surface area contributed by atoms with Crippen LogP contribution in [0.3, 0.4) is 0 Å². The lowest BCUT2D eigenvalue weighted by atomic mass is 10.0. The molecule has 3 aliphatic rings. The molecule has 10 heteroatoms. The van der Waals surface area contributed by atoms with Crippen LogP contribution in [0.1, 0.15) is 39.3 Å². The summed E-state index contributed by atoms with van der Waals surface area (Å²) in [6.45, 7) is 1.99. The summed E-state index contributed by atoms with van der Waals surface area (Å²) in [5.41, 5.74) is 1.87. The van der Waals surface area contributed by atoms with Gasteiger partial charge in [0.15, 0.2) is 0 Å². The number of imide groups is 1. The quantitative estimate of drug-likeness (QED) is 0.697. The highest BCUT2D eigenvalue weighted by Crippen LogP contribution is 2.35. The van der Waals surface area contributed by atoms with E-state index in [1.807, 2.05) is 4.90 Å². The zero-order valence-electron chi connectivity index (χ0n) is 17.8. The molecule has 0 radical (unpaired) electrons. The molecular formula is C23H22FN5O4. The van der Waals surface area contributed by atoms with Gasteiger partial charge in [0.05, 0.1) is 0 Å². The third-order valence-electron chi connectivity index (χ3n) is 6.39. The highest BCUT2D eigenvalue weighted by atomic mass is 19.1. The van der Waals surface area contributed by atoms with Crippen molar-refractivity contribution in [2.75, 3.05) is 31.1 Å². The summed E-state index contributed by atoms with van der Waals surface area (Å²) < 4.78 is 14.5. The highest BCUT2D eigenvalue weighted by molar-refractivity contribution is 6.06. The standard InChI is InChI=1S/C23H22FN5O4/c24-14-11-15-16(13-29(22(15)32)18-4-5-20(30)26-21(18)31)19(12-14)27-7-9-28(10-8-27)23(33)17-3-1-2-6-25-17/h1-3,6,11-12,18H,4-5,7-10,13H2,(H,26,30,31). The number of piperazine rings is 1. The Hall–Kier alpha value is -3.82. The van der Waals surface area contributed by atoms with Crippen molar-refractivity contribution in [1.82, 2.24) is 20.1 Å². The molecule has 5 rings (SSSR count). The van der Waals surface area contributed by atoms with Crippen LogP contribution in [0.15, 0.2) is 36.5 Å². The first-order valence-electron chi connectivity index (χ1n) is 10.8. The van der Waals surface area contributed by atoms with E-state index in [0.29, 0.717) is 43.1 Å². The number of anilines is 1. The second-order valence-electron chi connectivity index (χ2n) is 8.35. The number of halogens is 1. The maximum Gasteiger partial charge on any atom is 0.272 e. The van der Waals surface area contributed by atoms with Gasteiger partial charge >= 0.3 is 0 Å². The number of pyridine rings is 1. The molecule has 1 aromatic heterocycles. The number of aromatic nitrogens is 1. The average Bonchev–Trinajstić information content (AvgIpc) is 3.15. The van der Waals surface area contributed by atoms with Crippen molar-refractivity contribution in [3.05, 3.63) is 59.2 Å². The third kappa shape index (κ3) is 3.81. The number of piperidine rings is 1. The normalized spacial score (nSPS) is 20.7. The molecule has 4 heterocycles. The molecule has 4 amide bonds. The van der Waals surface area contributed by atoms with Crippen LogP contribution in [0.5, 0.6) is 0 Å². The maximum absolute atomic E-state index is 14.5. The number of nitrogens with zero attached hydrogens (tertiary/aromatic N) is 4. The molecule has 0 aliphatic carbocycles. The minimum absolute atomic E-state index is 0.154. The molecule has 1 N–H and O–H groups in total. The second-order valence-corrected chi connectivity index (χ2v) is 8.35. The lowest BCUT2D eigenvalue weighted by Crippen LogP contribution is -2.52. The summed E-state index contributed by atoms with van der Waals surface area (Å²) in [7, 11) is 0. The van der Waals surface area contributed by atoms with Crippen LogP contribution < -0.4 is 10.2 Å². The predicted molar refractivity (Wildman–Crippen MR) is 115 cm³/mol. The first kappa shape index (κ1) is 21.0. The Morgan fingerprint density at radius 3 is 2.58 bits per heavy atom. The molecule has 1 unspecified atom stereocenters. The van der Waals surface area contributed by atoms with E-state index in [-0.39, 0.29) is 36.8 Å². The van der Waals surface area contributed by atoms with Crippen molar-refractivity contribution in [3.63, 3.8) is 0 Å². The van der Waals surface area contributed by atoms with Gasteiger partial charge in [-0.05, 0) is 30.7 Å². The maximum atomic E-state index is 14.5. The van der Waals surface area contributed by atoms with Crippen molar-refractivity contribution in [2.24, 2.45) is 0 Å². The Balaban J connectivity index is 1.34. The Bertz CT molecular complexity index is 1150. The zero-order chi connectivity index (χ0) is 23.1. The summed E-state index contributed by atoms with van der Waals surface area (Å²) >= 11 is 0. The number of rotatable bonds is 3. The number of hydrogen-bond acceptors (Lipinski definition) is 6. The van der Waals surface area contributed by atoms with Gasteiger partial charge in [0.1, 0.15) is 17.6 Å². The largest absolute Gasteiger partial charge is 0.368 e. The summed E-state index contributed by atoms with van der Waals surface area (Å²) in [6, 6.07) is 7.02. The van der Waals surface area contributed by atoms with E-state index in [2.05, 4.69) is 10.3 Å². The number of hydrogen-bond donors (Lipinski definition) is 1. The molecule has 2 aromatic rings. The number of carbonyl (C=O) groups excluding carboxylic acids is 4. The Kier molecular flexibility index (Phi) is 5.27. The first-order chi connectivity index (χ1) is 15.9. The summed E-state index contributed by atoms with van der Waals surface area (Å²) in [5.74, 6) is -1.96. The minimum Gasteiger partial charge on any atom is -0.368 e. The van der Waals surface area contributed by atoms with Crippen LogP contribution in [-0.2, 0) is 16.1 Å². The monoisotopic (exact) mass is 451 g/mol. The van der Waals surface area contributed by atoms with Gasteiger partial charge in [-0.3, -0.25) is 29.5 Å². The zero-order valence-corrected chi connectivity index (χ0v) is 17.8. The van der Waals surface area contributed by atoms with Crippen molar-refractivity contribution in [1.29, 1.82) is 0 Å². The fourth-order valence-electron chi connectivity index (χ4n) is 4.69. The van der Waals surface area contributed by atoms with Crippen molar-refractivity contribution in [3.8, 4) is 0 Å². The smallest absolute Gasteiger partial charge is 0.272 e. The number of carbonyl (C=O) groups is 4. The molecule has 2 fully saturated rings. The van der Waals surface area contributed by atoms with E-state index in [4.69, 9.17) is 0 Å². The van der Waals surface area contributed by atoms with Crippen LogP contribution in [0.25, 0.3) is 0 Å². The molecule has 0 saturated carbocycles. The number of nitrogens with one attached hydrogen (secondary N) is 1. The van der Waals surface area contributed by atoms with E-state index >= 15 is 0 Å². The van der Waals surface area contributed by atoms with Crippen LogP contribution in [-0.4, -0.2) is 70.6 Å². The van der Waals surface area contributed by atoms with Crippen LogP contribution in [0.4, 0.5) is 10.1 Å². The van der Waals surface area contributed by atoms with E-state index in [1.165, 1.54) is 17.0 Å². The molecule has 0 spiro atoms. The van der Waals surface area contributed by atoms with Crippen LogP contribution in [0, 0.1) is 5.82 Å². The van der Waals surface area contributed by atoms with Crippen LogP contribution in [0.2, 0.25) is 0 Å². The second kappa shape index (κ2) is 8.27. The topological polar surface area (TPSA) is 103 Å². The minimum atomic E-state index is -0.758. The highest BCUT2D eigenvalue weighted by Gasteiger charge is 2.41. The van der Waals surface area contributed by atoms with Gasteiger partial charge in [0, 0.05) is 62.2 Å². The SMILES string of the molecule is O=C1CCC(N2Cc3c(cc(F)cc3N3CCN(C(=O)c4ccccn4)CC3)C2=O)C(=O)N1. The van der Waals surface area contributed by atoms with E-state index in [1.54, 1.807) is 29.3 Å². The van der Waals surface area contributed by atoms with Crippen molar-refractivity contribution < 1.29 is 23.6 Å². The summed E-state index contributed by atoms with van der Waals surface area (Å²) in [4.78, 5) is 58.7. The van der Waals surface area contributed by atoms with Gasteiger partial charge in [-0.1, -0.05) is 6.07 Å². The molecule has 0 bridgehead atoms. The lowest BCUT2D eigenvalue weighted by Gasteiger charge is -2.37. The molecule has 3 aliphatic heterocycles. The molecule has 9 nitrogen and oxygen atoms in total. The van der Waals surface area contributed by atoms with Gasteiger partial charge in [-0.25, -0.2) is 4.39 Å². The number of benzene rings is 1. The molecule has 33 heavy (non-hydrogen) atoms. The van der Waals surface area contributed by atoms with E-state index in [9.17, 15) is 23.6 Å². The Morgan fingerprint density at radius 2 is 1.88 bits per heavy atom. The Labute approximate surface area is 189 Å². The van der Waals surface area contributed by atoms with Crippen LogP contribution >= 0.6 is 0 Å². The fraction of sp³-hybridized carbons (Fsp3) is 0.348. The number of fused-ring (bicyclic) bond motifs is 1. The average molecular weight is 451 g/mol. The van der Waals surface area contributed by atoms with E-state index < -0.39 is 23.7 Å². The predicted octanol–water partition coefficient (Wildman–Crippen LogP) is 0.944. The first-order valence-corrected chi connectivity index (χ1v) is 10.8. The summed E-state index contributed by atoms with van der Waals surface area (Å²) in [6.07, 6.45) is 1.98. The van der Waals surface area contributed by atoms with Gasteiger partial charge in [0.25, 0.3) is 11.8 Å². The summed E-state index contributed by atoms with van der Waals surface area (Å²) in [5, 5.41) is 2.27. The van der Waals surface area contributed by atoms with E-state index in [0.717, 1.165) is 0 Å². The van der Waals surface area contributed by atoms with Gasteiger partial charge in [-0.15, -0.1) is 0 Å². The van der Waals surface area contributed by atoms with Gasteiger partial charge in [-0.2, -0.15) is 0 Å². The third-order valence-corrected chi connectivity index (χ3v) is 6.39. The molecular weight excluding hydrogens is 429 g/mol. The molecule has 1 aromatic carbocycles.